The third kappa shape index (κ3) is 6.92. The number of carbonyl (C=O) groups is 3. The van der Waals surface area contributed by atoms with Crippen molar-refractivity contribution in [1.29, 1.82) is 0 Å². The van der Waals surface area contributed by atoms with E-state index >= 15 is 0 Å². The average Bonchev–Trinajstić information content (AvgIpc) is 3.40. The Labute approximate surface area is 207 Å². The molecule has 0 spiro atoms. The number of hydrogen-bond donors (Lipinski definition) is 1. The number of carboxylic acid groups (broad SMARTS) is 1. The fraction of sp³-hybridized carbons (Fsp3) is 0.464. The van der Waals surface area contributed by atoms with Gasteiger partial charge in [-0.05, 0) is 44.9 Å². The van der Waals surface area contributed by atoms with Crippen LogP contribution in [0.5, 0.6) is 0 Å². The molecule has 1 saturated carbocycles. The highest BCUT2D eigenvalue weighted by Crippen LogP contribution is 2.45. The topological polar surface area (TPSA) is 93.1 Å². The van der Waals surface area contributed by atoms with E-state index in [1.807, 2.05) is 36.4 Å². The number of carbonyl (C=O) groups excluding carboxylic acids is 2. The largest absolute Gasteiger partial charge is 0.481 e. The van der Waals surface area contributed by atoms with Crippen LogP contribution >= 0.6 is 0 Å². The highest BCUT2D eigenvalue weighted by Gasteiger charge is 2.53. The molecule has 1 N–H and O–H groups in total. The quantitative estimate of drug-likeness (QED) is 0.600. The minimum atomic E-state index is -1.42. The van der Waals surface area contributed by atoms with Gasteiger partial charge >= 0.3 is 11.9 Å². The molecule has 0 aromatic heterocycles. The first-order chi connectivity index (χ1) is 16.8. The summed E-state index contributed by atoms with van der Waals surface area (Å²) in [6, 6.07) is 18.3. The Bertz CT molecular complexity index is 961. The molecule has 188 valence electrons. The first-order valence-corrected chi connectivity index (χ1v) is 12.3. The van der Waals surface area contributed by atoms with E-state index in [4.69, 9.17) is 19.4 Å². The zero-order valence-corrected chi connectivity index (χ0v) is 20.5. The molecule has 2 aromatic rings. The monoisotopic (exact) mass is 481 g/mol. The van der Waals surface area contributed by atoms with Crippen molar-refractivity contribution in [3.63, 3.8) is 0 Å². The summed E-state index contributed by atoms with van der Waals surface area (Å²) in [7, 11) is 2.08. The number of rotatable bonds is 6. The average molecular weight is 482 g/mol. The van der Waals surface area contributed by atoms with Gasteiger partial charge in [0.25, 0.3) is 5.97 Å². The molecule has 1 aliphatic heterocycles. The van der Waals surface area contributed by atoms with Gasteiger partial charge < -0.3 is 19.5 Å². The van der Waals surface area contributed by atoms with Gasteiger partial charge in [0.15, 0.2) is 0 Å². The standard InChI is InChI=1S/C26H31NO4.C2H4O2/c1-27-18-16-23(17-19-27)30-25(29)26(22-14-8-9-15-22,21-12-6-3-7-13-21)31-24(28)20-10-4-2-5-11-20;1-2(3)4/h2-7,10-13,22-23H,8-9,14-19H2,1H3;1H3,(H,3,4). The molecule has 35 heavy (non-hydrogen) atoms. The van der Waals surface area contributed by atoms with E-state index in [9.17, 15) is 9.59 Å². The third-order valence-electron chi connectivity index (χ3n) is 6.64. The Hall–Kier alpha value is -3.19. The number of hydrogen-bond acceptors (Lipinski definition) is 6. The molecule has 2 aromatic carbocycles. The summed E-state index contributed by atoms with van der Waals surface area (Å²) in [5, 5.41) is 7.42. The van der Waals surface area contributed by atoms with Crippen molar-refractivity contribution in [2.45, 2.75) is 57.2 Å². The Morgan fingerprint density at radius 2 is 1.40 bits per heavy atom. The van der Waals surface area contributed by atoms with Crippen molar-refractivity contribution in [2.75, 3.05) is 20.1 Å². The number of carboxylic acids is 1. The van der Waals surface area contributed by atoms with Crippen LogP contribution in [0.1, 0.15) is 61.4 Å². The summed E-state index contributed by atoms with van der Waals surface area (Å²) in [5.74, 6) is -1.84. The van der Waals surface area contributed by atoms with Gasteiger partial charge in [-0.1, -0.05) is 61.4 Å². The molecule has 1 unspecified atom stereocenters. The van der Waals surface area contributed by atoms with E-state index in [-0.39, 0.29) is 12.0 Å². The Morgan fingerprint density at radius 3 is 1.94 bits per heavy atom. The minimum absolute atomic E-state index is 0.0960. The molecule has 1 heterocycles. The second-order valence-corrected chi connectivity index (χ2v) is 9.27. The number of aliphatic carboxylic acids is 1. The lowest BCUT2D eigenvalue weighted by molar-refractivity contribution is -0.182. The van der Waals surface area contributed by atoms with Crippen LogP contribution in [0.15, 0.2) is 60.7 Å². The first kappa shape index (κ1) is 26.4. The summed E-state index contributed by atoms with van der Waals surface area (Å²) in [6.07, 6.45) is 5.14. The highest BCUT2D eigenvalue weighted by molar-refractivity contribution is 5.93. The zero-order valence-electron chi connectivity index (χ0n) is 20.5. The van der Waals surface area contributed by atoms with Crippen molar-refractivity contribution in [2.24, 2.45) is 5.92 Å². The van der Waals surface area contributed by atoms with Crippen molar-refractivity contribution in [1.82, 2.24) is 4.90 Å². The van der Waals surface area contributed by atoms with Gasteiger partial charge in [0.2, 0.25) is 5.60 Å². The maximum atomic E-state index is 13.9. The number of ether oxygens (including phenoxy) is 2. The summed E-state index contributed by atoms with van der Waals surface area (Å²) >= 11 is 0. The summed E-state index contributed by atoms with van der Waals surface area (Å²) in [6.45, 7) is 2.87. The van der Waals surface area contributed by atoms with Crippen LogP contribution in [0.4, 0.5) is 0 Å². The van der Waals surface area contributed by atoms with E-state index in [1.54, 1.807) is 24.3 Å². The SMILES string of the molecule is CC(=O)O.CN1CCC(OC(=O)C(OC(=O)c2ccccc2)(c2ccccc2)C2CCCC2)CC1. The van der Waals surface area contributed by atoms with Crippen molar-refractivity contribution >= 4 is 17.9 Å². The van der Waals surface area contributed by atoms with Crippen LogP contribution in [0.2, 0.25) is 0 Å². The van der Waals surface area contributed by atoms with Crippen LogP contribution < -0.4 is 0 Å². The molecular weight excluding hydrogens is 446 g/mol. The number of nitrogens with zero attached hydrogens (tertiary/aromatic N) is 1. The summed E-state index contributed by atoms with van der Waals surface area (Å²) in [5.41, 5.74) is -0.286. The molecule has 2 fully saturated rings. The molecule has 1 aliphatic carbocycles. The first-order valence-electron chi connectivity index (χ1n) is 12.3. The molecule has 0 bridgehead atoms. The van der Waals surface area contributed by atoms with Crippen molar-refractivity contribution in [3.05, 3.63) is 71.8 Å². The molecule has 7 heteroatoms. The molecule has 7 nitrogen and oxygen atoms in total. The van der Waals surface area contributed by atoms with Gasteiger partial charge in [0.1, 0.15) is 6.10 Å². The Morgan fingerprint density at radius 1 is 0.886 bits per heavy atom. The van der Waals surface area contributed by atoms with Crippen LogP contribution in [0.25, 0.3) is 0 Å². The number of piperidine rings is 1. The summed E-state index contributed by atoms with van der Waals surface area (Å²) < 4.78 is 12.3. The molecule has 1 saturated heterocycles. The number of benzene rings is 2. The molecule has 0 radical (unpaired) electrons. The lowest BCUT2D eigenvalue weighted by atomic mass is 9.79. The van der Waals surface area contributed by atoms with Crippen molar-refractivity contribution in [3.8, 4) is 0 Å². The van der Waals surface area contributed by atoms with E-state index in [0.717, 1.165) is 58.5 Å². The van der Waals surface area contributed by atoms with E-state index in [0.29, 0.717) is 11.1 Å². The van der Waals surface area contributed by atoms with Crippen LogP contribution in [-0.4, -0.2) is 54.2 Å². The minimum Gasteiger partial charge on any atom is -0.481 e. The van der Waals surface area contributed by atoms with Gasteiger partial charge in [0.05, 0.1) is 5.56 Å². The Balaban J connectivity index is 0.000000795. The molecular formula is C28H35NO6. The second kappa shape index (κ2) is 12.5. The lowest BCUT2D eigenvalue weighted by Crippen LogP contribution is -2.49. The number of likely N-dealkylation sites (tertiary alicyclic amines) is 1. The van der Waals surface area contributed by atoms with E-state index < -0.39 is 23.5 Å². The summed E-state index contributed by atoms with van der Waals surface area (Å²) in [4.78, 5) is 38.3. The fourth-order valence-corrected chi connectivity index (χ4v) is 4.84. The zero-order chi connectivity index (χ0) is 25.3. The van der Waals surface area contributed by atoms with Gasteiger partial charge in [0, 0.05) is 31.5 Å². The smallest absolute Gasteiger partial charge is 0.355 e. The maximum absolute atomic E-state index is 13.9. The van der Waals surface area contributed by atoms with Crippen LogP contribution in [-0.2, 0) is 24.7 Å². The van der Waals surface area contributed by atoms with Gasteiger partial charge in [-0.15, -0.1) is 0 Å². The second-order valence-electron chi connectivity index (χ2n) is 9.27. The predicted molar refractivity (Wildman–Crippen MR) is 132 cm³/mol. The fourth-order valence-electron chi connectivity index (χ4n) is 4.84. The maximum Gasteiger partial charge on any atom is 0.355 e. The van der Waals surface area contributed by atoms with Gasteiger partial charge in [-0.25, -0.2) is 9.59 Å². The van der Waals surface area contributed by atoms with Crippen LogP contribution in [0.3, 0.4) is 0 Å². The third-order valence-corrected chi connectivity index (χ3v) is 6.64. The molecule has 2 aliphatic rings. The van der Waals surface area contributed by atoms with Gasteiger partial charge in [-0.3, -0.25) is 4.79 Å². The predicted octanol–water partition coefficient (Wildman–Crippen LogP) is 4.66. The lowest BCUT2D eigenvalue weighted by Gasteiger charge is -2.38. The normalized spacial score (nSPS) is 18.6. The van der Waals surface area contributed by atoms with Gasteiger partial charge in [-0.2, -0.15) is 0 Å². The van der Waals surface area contributed by atoms with Crippen molar-refractivity contribution < 1.29 is 29.0 Å². The molecule has 1 atom stereocenters. The molecule has 0 amide bonds. The highest BCUT2D eigenvalue weighted by atomic mass is 16.6. The van der Waals surface area contributed by atoms with E-state index in [2.05, 4.69) is 11.9 Å². The molecule has 4 rings (SSSR count). The Kier molecular flexibility index (Phi) is 9.43. The number of esters is 2. The van der Waals surface area contributed by atoms with E-state index in [1.165, 1.54) is 0 Å². The van der Waals surface area contributed by atoms with Crippen LogP contribution in [0, 0.1) is 5.92 Å².